The highest BCUT2D eigenvalue weighted by molar-refractivity contribution is 6.07. The van der Waals surface area contributed by atoms with Crippen LogP contribution >= 0.6 is 0 Å². The minimum absolute atomic E-state index is 0.00486. The predicted octanol–water partition coefficient (Wildman–Crippen LogP) is 2.83. The highest BCUT2D eigenvalue weighted by Crippen LogP contribution is 2.28. The third-order valence-electron chi connectivity index (χ3n) is 3.90. The van der Waals surface area contributed by atoms with Crippen LogP contribution in [0.1, 0.15) is 27.0 Å². The lowest BCUT2D eigenvalue weighted by atomic mass is 9.97. The molecule has 2 N–H and O–H groups in total. The number of rotatable bonds is 1. The lowest BCUT2D eigenvalue weighted by molar-refractivity contribution is 0.0983. The summed E-state index contributed by atoms with van der Waals surface area (Å²) in [6.45, 7) is 4.60. The number of nitrogens with zero attached hydrogens (tertiary/aromatic N) is 1. The summed E-state index contributed by atoms with van der Waals surface area (Å²) in [5.41, 5.74) is 11.2. The number of carbonyl (C=O) groups is 1. The maximum absolute atomic E-state index is 12.9. The van der Waals surface area contributed by atoms with Crippen molar-refractivity contribution in [3.63, 3.8) is 0 Å². The molecule has 0 spiro atoms. The van der Waals surface area contributed by atoms with Gasteiger partial charge in [0, 0.05) is 23.8 Å². The van der Waals surface area contributed by atoms with Crippen molar-refractivity contribution in [2.75, 3.05) is 11.4 Å². The second-order valence-electron chi connectivity index (χ2n) is 5.89. The fourth-order valence-electron chi connectivity index (χ4n) is 3.07. The van der Waals surface area contributed by atoms with Gasteiger partial charge in [-0.05, 0) is 44.0 Å². The fraction of sp³-hybridized carbons (Fsp3) is 0.278. The van der Waals surface area contributed by atoms with Gasteiger partial charge in [-0.1, -0.05) is 35.4 Å². The van der Waals surface area contributed by atoms with Gasteiger partial charge in [0.15, 0.2) is 0 Å². The van der Waals surface area contributed by atoms with E-state index in [2.05, 4.69) is 12.1 Å². The van der Waals surface area contributed by atoms with Crippen molar-refractivity contribution in [3.05, 3.63) is 64.7 Å². The number of hydrogen-bond donors (Lipinski definition) is 1. The normalized spacial score (nSPS) is 17.5. The SMILES string of the molecule is Cc1cc(C)cc(C(=O)N2CC(N)Cc3ccccc32)c1. The largest absolute Gasteiger partial charge is 0.326 e. The number of nitrogens with two attached hydrogens (primary N) is 1. The summed E-state index contributed by atoms with van der Waals surface area (Å²) in [4.78, 5) is 14.7. The van der Waals surface area contributed by atoms with Gasteiger partial charge in [0.1, 0.15) is 0 Å². The highest BCUT2D eigenvalue weighted by Gasteiger charge is 2.27. The van der Waals surface area contributed by atoms with Gasteiger partial charge in [-0.15, -0.1) is 0 Å². The van der Waals surface area contributed by atoms with E-state index < -0.39 is 0 Å². The van der Waals surface area contributed by atoms with Gasteiger partial charge in [-0.2, -0.15) is 0 Å². The number of carbonyl (C=O) groups excluding carboxylic acids is 1. The summed E-state index contributed by atoms with van der Waals surface area (Å²) in [6.07, 6.45) is 0.826. The van der Waals surface area contributed by atoms with Crippen molar-refractivity contribution in [3.8, 4) is 0 Å². The monoisotopic (exact) mass is 280 g/mol. The molecule has 0 saturated carbocycles. The Morgan fingerprint density at radius 2 is 1.81 bits per heavy atom. The smallest absolute Gasteiger partial charge is 0.258 e. The number of para-hydroxylation sites is 1. The molecule has 1 aliphatic heterocycles. The van der Waals surface area contributed by atoms with Crippen molar-refractivity contribution < 1.29 is 4.79 Å². The van der Waals surface area contributed by atoms with Gasteiger partial charge in [0.25, 0.3) is 5.91 Å². The van der Waals surface area contributed by atoms with Gasteiger partial charge >= 0.3 is 0 Å². The lowest BCUT2D eigenvalue weighted by Crippen LogP contribution is -2.46. The van der Waals surface area contributed by atoms with Gasteiger partial charge in [-0.25, -0.2) is 0 Å². The molecule has 0 radical (unpaired) electrons. The van der Waals surface area contributed by atoms with Gasteiger partial charge in [-0.3, -0.25) is 4.79 Å². The molecule has 0 aliphatic carbocycles. The Kier molecular flexibility index (Phi) is 3.52. The first-order chi connectivity index (χ1) is 10.0. The molecular weight excluding hydrogens is 260 g/mol. The molecule has 0 fully saturated rings. The molecule has 3 heteroatoms. The summed E-state index contributed by atoms with van der Waals surface area (Å²) in [5.74, 6) is 0.0319. The topological polar surface area (TPSA) is 46.3 Å². The fourth-order valence-corrected chi connectivity index (χ4v) is 3.07. The zero-order valence-electron chi connectivity index (χ0n) is 12.5. The predicted molar refractivity (Wildman–Crippen MR) is 85.7 cm³/mol. The Bertz CT molecular complexity index is 673. The van der Waals surface area contributed by atoms with Crippen LogP contribution in [0.3, 0.4) is 0 Å². The number of fused-ring (bicyclic) bond motifs is 1. The number of anilines is 1. The molecule has 0 saturated heterocycles. The van der Waals surface area contributed by atoms with E-state index >= 15 is 0 Å². The second kappa shape index (κ2) is 5.34. The van der Waals surface area contributed by atoms with Gasteiger partial charge < -0.3 is 10.6 Å². The highest BCUT2D eigenvalue weighted by atomic mass is 16.2. The molecule has 0 bridgehead atoms. The third kappa shape index (κ3) is 2.69. The minimum atomic E-state index is -0.00486. The molecule has 2 aromatic carbocycles. The van der Waals surface area contributed by atoms with E-state index in [9.17, 15) is 4.79 Å². The van der Waals surface area contributed by atoms with Crippen molar-refractivity contribution in [1.82, 2.24) is 0 Å². The van der Waals surface area contributed by atoms with Crippen LogP contribution in [0.2, 0.25) is 0 Å². The van der Waals surface area contributed by atoms with Crippen LogP contribution in [0.15, 0.2) is 42.5 Å². The van der Waals surface area contributed by atoms with Crippen LogP contribution in [0, 0.1) is 13.8 Å². The Balaban J connectivity index is 2.02. The Labute approximate surface area is 125 Å². The maximum atomic E-state index is 12.9. The molecule has 1 amide bonds. The average molecular weight is 280 g/mol. The molecule has 1 atom stereocenters. The van der Waals surface area contributed by atoms with E-state index in [0.29, 0.717) is 6.54 Å². The zero-order valence-corrected chi connectivity index (χ0v) is 12.5. The maximum Gasteiger partial charge on any atom is 0.258 e. The summed E-state index contributed by atoms with van der Waals surface area (Å²) < 4.78 is 0. The second-order valence-corrected chi connectivity index (χ2v) is 5.89. The molecule has 108 valence electrons. The minimum Gasteiger partial charge on any atom is -0.326 e. The van der Waals surface area contributed by atoms with E-state index in [1.165, 1.54) is 0 Å². The summed E-state index contributed by atoms with van der Waals surface area (Å²) >= 11 is 0. The zero-order chi connectivity index (χ0) is 15.0. The third-order valence-corrected chi connectivity index (χ3v) is 3.90. The number of benzene rings is 2. The van der Waals surface area contributed by atoms with Crippen molar-refractivity contribution in [2.45, 2.75) is 26.3 Å². The molecule has 3 nitrogen and oxygen atoms in total. The molecule has 3 rings (SSSR count). The van der Waals surface area contributed by atoms with Crippen LogP contribution in [-0.2, 0) is 6.42 Å². The van der Waals surface area contributed by atoms with Gasteiger partial charge in [0.05, 0.1) is 0 Å². The molecule has 2 aromatic rings. The Hall–Kier alpha value is -2.13. The first-order valence-corrected chi connectivity index (χ1v) is 7.28. The Morgan fingerprint density at radius 1 is 1.14 bits per heavy atom. The number of amides is 1. The number of hydrogen-bond acceptors (Lipinski definition) is 2. The summed E-state index contributed by atoms with van der Waals surface area (Å²) in [6, 6.07) is 14.0. The van der Waals surface area contributed by atoms with Crippen LogP contribution in [0.4, 0.5) is 5.69 Å². The standard InChI is InChI=1S/C18H20N2O/c1-12-7-13(2)9-15(8-12)18(21)20-11-16(19)10-14-5-3-4-6-17(14)20/h3-9,16H,10-11,19H2,1-2H3. The first-order valence-electron chi connectivity index (χ1n) is 7.28. The average Bonchev–Trinajstić information content (AvgIpc) is 2.44. The quantitative estimate of drug-likeness (QED) is 0.873. The van der Waals surface area contributed by atoms with Crippen molar-refractivity contribution >= 4 is 11.6 Å². The van der Waals surface area contributed by atoms with Crippen molar-refractivity contribution in [2.24, 2.45) is 5.73 Å². The molecule has 0 aromatic heterocycles. The van der Waals surface area contributed by atoms with E-state index in [-0.39, 0.29) is 11.9 Å². The van der Waals surface area contributed by atoms with Gasteiger partial charge in [0.2, 0.25) is 0 Å². The first kappa shape index (κ1) is 13.8. The van der Waals surface area contributed by atoms with E-state index in [1.54, 1.807) is 0 Å². The molecule has 21 heavy (non-hydrogen) atoms. The molecule has 1 heterocycles. The Morgan fingerprint density at radius 3 is 2.52 bits per heavy atom. The lowest BCUT2D eigenvalue weighted by Gasteiger charge is -2.33. The molecule has 1 aliphatic rings. The van der Waals surface area contributed by atoms with E-state index in [1.807, 2.05) is 49.1 Å². The molecular formula is C18H20N2O. The number of aryl methyl sites for hydroxylation is 2. The van der Waals surface area contributed by atoms with Crippen LogP contribution in [0.5, 0.6) is 0 Å². The van der Waals surface area contributed by atoms with E-state index in [4.69, 9.17) is 5.73 Å². The van der Waals surface area contributed by atoms with Crippen LogP contribution in [-0.4, -0.2) is 18.5 Å². The van der Waals surface area contributed by atoms with Crippen LogP contribution < -0.4 is 10.6 Å². The molecule has 1 unspecified atom stereocenters. The van der Waals surface area contributed by atoms with Crippen LogP contribution in [0.25, 0.3) is 0 Å². The van der Waals surface area contributed by atoms with E-state index in [0.717, 1.165) is 34.4 Å². The summed E-state index contributed by atoms with van der Waals surface area (Å²) in [7, 11) is 0. The summed E-state index contributed by atoms with van der Waals surface area (Å²) in [5, 5.41) is 0. The van der Waals surface area contributed by atoms with Crippen molar-refractivity contribution in [1.29, 1.82) is 0 Å².